The Morgan fingerprint density at radius 1 is 0.650 bits per heavy atom. The molecule has 2 aromatic carbocycles. The third-order valence-corrected chi connectivity index (χ3v) is 3.28. The van der Waals surface area contributed by atoms with Crippen LogP contribution in [0.25, 0.3) is 0 Å². The highest BCUT2D eigenvalue weighted by atomic mass is 32.1. The van der Waals surface area contributed by atoms with Crippen molar-refractivity contribution >= 4 is 34.5 Å². The Hall–Kier alpha value is -1.78. The quantitative estimate of drug-likeness (QED) is 0.618. The fraction of sp³-hybridized carbons (Fsp3) is 0.125. The van der Waals surface area contributed by atoms with Crippen molar-refractivity contribution < 1.29 is 9.47 Å². The van der Waals surface area contributed by atoms with Gasteiger partial charge in [-0.2, -0.15) is 0 Å². The van der Waals surface area contributed by atoms with E-state index in [1.165, 1.54) is 0 Å². The molecular weight excluding hydrogens is 288 g/mol. The maximum absolute atomic E-state index is 5.46. The molecule has 2 aromatic rings. The van der Waals surface area contributed by atoms with Gasteiger partial charge in [0.2, 0.25) is 0 Å². The number of hydrogen-bond acceptors (Lipinski definition) is 4. The average molecular weight is 302 g/mol. The SMILES string of the molecule is S=C(OCCOC(=S)c1ccccc1)c1ccccc1. The van der Waals surface area contributed by atoms with Gasteiger partial charge in [-0.1, -0.05) is 60.7 Å². The molecule has 0 bridgehead atoms. The number of benzene rings is 2. The van der Waals surface area contributed by atoms with Crippen molar-refractivity contribution in [3.05, 3.63) is 71.8 Å². The first-order valence-electron chi connectivity index (χ1n) is 6.22. The maximum atomic E-state index is 5.46. The standard InChI is InChI=1S/C16H14O2S2/c19-15(13-7-3-1-4-8-13)17-11-12-18-16(20)14-9-5-2-6-10-14/h1-10H,11-12H2. The van der Waals surface area contributed by atoms with Crippen LogP contribution in [0.2, 0.25) is 0 Å². The van der Waals surface area contributed by atoms with Gasteiger partial charge in [0.05, 0.1) is 0 Å². The Morgan fingerprint density at radius 2 is 1.00 bits per heavy atom. The minimum Gasteiger partial charge on any atom is -0.479 e. The Bertz CT molecular complexity index is 514. The minimum atomic E-state index is 0.376. The molecule has 0 radical (unpaired) electrons. The molecule has 0 aliphatic carbocycles. The summed E-state index contributed by atoms with van der Waals surface area (Å²) < 4.78 is 10.9. The highest BCUT2D eigenvalue weighted by molar-refractivity contribution is 7.80. The van der Waals surface area contributed by atoms with Gasteiger partial charge in [-0.05, 0) is 24.4 Å². The zero-order valence-corrected chi connectivity index (χ0v) is 12.5. The van der Waals surface area contributed by atoms with Gasteiger partial charge in [-0.25, -0.2) is 0 Å². The van der Waals surface area contributed by atoms with Gasteiger partial charge in [-0.15, -0.1) is 0 Å². The largest absolute Gasteiger partial charge is 0.479 e. The zero-order chi connectivity index (χ0) is 14.2. The number of thiocarbonyl (C=S) groups is 2. The first-order valence-corrected chi connectivity index (χ1v) is 7.03. The second-order valence-corrected chi connectivity index (χ2v) is 4.75. The summed E-state index contributed by atoms with van der Waals surface area (Å²) in [6.45, 7) is 0.751. The van der Waals surface area contributed by atoms with E-state index < -0.39 is 0 Å². The molecule has 0 aromatic heterocycles. The van der Waals surface area contributed by atoms with E-state index in [9.17, 15) is 0 Å². The van der Waals surface area contributed by atoms with E-state index in [0.717, 1.165) is 11.1 Å². The summed E-state index contributed by atoms with van der Waals surface area (Å²) >= 11 is 10.4. The predicted octanol–water partition coefficient (Wildman–Crippen LogP) is 3.77. The normalized spacial score (nSPS) is 9.80. The van der Waals surface area contributed by atoms with Crippen LogP contribution in [0.15, 0.2) is 60.7 Å². The first-order chi connectivity index (χ1) is 9.77. The third-order valence-electron chi connectivity index (χ3n) is 2.57. The molecule has 0 heterocycles. The lowest BCUT2D eigenvalue weighted by molar-refractivity contribution is 0.209. The second-order valence-electron chi connectivity index (χ2n) is 4.00. The smallest absolute Gasteiger partial charge is 0.191 e. The maximum Gasteiger partial charge on any atom is 0.191 e. The summed E-state index contributed by atoms with van der Waals surface area (Å²) in [5.41, 5.74) is 1.79. The Labute approximate surface area is 129 Å². The summed E-state index contributed by atoms with van der Waals surface area (Å²) in [6, 6.07) is 19.2. The van der Waals surface area contributed by atoms with Crippen molar-refractivity contribution in [2.75, 3.05) is 13.2 Å². The Morgan fingerprint density at radius 3 is 1.35 bits per heavy atom. The summed E-state index contributed by atoms with van der Waals surface area (Å²) in [4.78, 5) is 0. The highest BCUT2D eigenvalue weighted by Gasteiger charge is 2.03. The van der Waals surface area contributed by atoms with E-state index in [1.54, 1.807) is 0 Å². The summed E-state index contributed by atoms with van der Waals surface area (Å²) in [5, 5.41) is 0.944. The molecule has 0 spiro atoms. The van der Waals surface area contributed by atoms with Gasteiger partial charge in [0.15, 0.2) is 10.1 Å². The molecule has 0 atom stereocenters. The molecule has 20 heavy (non-hydrogen) atoms. The van der Waals surface area contributed by atoms with Crippen molar-refractivity contribution in [3.63, 3.8) is 0 Å². The van der Waals surface area contributed by atoms with Crippen LogP contribution in [0, 0.1) is 0 Å². The fourth-order valence-electron chi connectivity index (χ4n) is 1.58. The molecule has 0 aliphatic rings. The molecule has 0 unspecified atom stereocenters. The van der Waals surface area contributed by atoms with E-state index in [4.69, 9.17) is 33.9 Å². The molecule has 0 aliphatic heterocycles. The third kappa shape index (κ3) is 4.40. The lowest BCUT2D eigenvalue weighted by atomic mass is 10.2. The number of rotatable bonds is 5. The summed E-state index contributed by atoms with van der Waals surface area (Å²) in [6.07, 6.45) is 0. The highest BCUT2D eigenvalue weighted by Crippen LogP contribution is 2.04. The van der Waals surface area contributed by atoms with Gasteiger partial charge < -0.3 is 9.47 Å². The fourth-order valence-corrected chi connectivity index (χ4v) is 2.02. The van der Waals surface area contributed by atoms with Gasteiger partial charge in [0.25, 0.3) is 0 Å². The van der Waals surface area contributed by atoms with Crippen LogP contribution in [-0.4, -0.2) is 23.3 Å². The number of hydrogen-bond donors (Lipinski definition) is 0. The van der Waals surface area contributed by atoms with Crippen LogP contribution in [0.5, 0.6) is 0 Å². The van der Waals surface area contributed by atoms with E-state index in [-0.39, 0.29) is 0 Å². The van der Waals surface area contributed by atoms with Crippen LogP contribution in [0.1, 0.15) is 11.1 Å². The lowest BCUT2D eigenvalue weighted by Crippen LogP contribution is -2.13. The van der Waals surface area contributed by atoms with E-state index in [2.05, 4.69) is 0 Å². The molecule has 0 saturated heterocycles. The van der Waals surface area contributed by atoms with Crippen molar-refractivity contribution in [2.45, 2.75) is 0 Å². The Balaban J connectivity index is 1.72. The molecule has 0 N–H and O–H groups in total. The molecule has 2 nitrogen and oxygen atoms in total. The Kier molecular flexibility index (Phi) is 5.65. The van der Waals surface area contributed by atoms with Gasteiger partial charge in [0, 0.05) is 11.1 Å². The van der Waals surface area contributed by atoms with Crippen LogP contribution in [0.3, 0.4) is 0 Å². The van der Waals surface area contributed by atoms with Crippen molar-refractivity contribution in [1.82, 2.24) is 0 Å². The molecular formula is C16H14O2S2. The van der Waals surface area contributed by atoms with E-state index in [1.807, 2.05) is 60.7 Å². The first kappa shape index (κ1) is 14.6. The van der Waals surface area contributed by atoms with Crippen molar-refractivity contribution in [3.8, 4) is 0 Å². The van der Waals surface area contributed by atoms with Crippen LogP contribution in [0.4, 0.5) is 0 Å². The van der Waals surface area contributed by atoms with E-state index in [0.29, 0.717) is 23.3 Å². The van der Waals surface area contributed by atoms with Crippen molar-refractivity contribution in [1.29, 1.82) is 0 Å². The lowest BCUT2D eigenvalue weighted by Gasteiger charge is -2.09. The van der Waals surface area contributed by atoms with Crippen LogP contribution < -0.4 is 0 Å². The minimum absolute atomic E-state index is 0.376. The van der Waals surface area contributed by atoms with Crippen molar-refractivity contribution in [2.24, 2.45) is 0 Å². The molecule has 102 valence electrons. The summed E-state index contributed by atoms with van der Waals surface area (Å²) in [5.74, 6) is 0. The van der Waals surface area contributed by atoms with Gasteiger partial charge >= 0.3 is 0 Å². The average Bonchev–Trinajstić information content (AvgIpc) is 2.53. The molecule has 0 amide bonds. The zero-order valence-electron chi connectivity index (χ0n) is 10.8. The summed E-state index contributed by atoms with van der Waals surface area (Å²) in [7, 11) is 0. The van der Waals surface area contributed by atoms with Crippen LogP contribution in [-0.2, 0) is 9.47 Å². The topological polar surface area (TPSA) is 18.5 Å². The second kappa shape index (κ2) is 7.72. The molecule has 0 fully saturated rings. The van der Waals surface area contributed by atoms with Gasteiger partial charge in [0.1, 0.15) is 13.2 Å². The predicted molar refractivity (Wildman–Crippen MR) is 88.2 cm³/mol. The van der Waals surface area contributed by atoms with Gasteiger partial charge in [-0.3, -0.25) is 0 Å². The number of ether oxygens (including phenoxy) is 2. The molecule has 2 rings (SSSR count). The van der Waals surface area contributed by atoms with E-state index >= 15 is 0 Å². The van der Waals surface area contributed by atoms with Crippen LogP contribution >= 0.6 is 24.4 Å². The molecule has 4 heteroatoms. The molecule has 0 saturated carbocycles. The monoisotopic (exact) mass is 302 g/mol.